The number of nitrogens with zero attached hydrogens (tertiary/aromatic N) is 3. The van der Waals surface area contributed by atoms with E-state index in [2.05, 4.69) is 15.4 Å². The lowest BCUT2D eigenvalue weighted by Crippen LogP contribution is -2.14. The van der Waals surface area contributed by atoms with Gasteiger partial charge in [0.1, 0.15) is 5.82 Å². The number of nitrogens with one attached hydrogen (secondary N) is 1. The van der Waals surface area contributed by atoms with Crippen LogP contribution in [0.25, 0.3) is 10.9 Å². The van der Waals surface area contributed by atoms with Crippen LogP contribution in [0.1, 0.15) is 16.1 Å². The van der Waals surface area contributed by atoms with Gasteiger partial charge in [-0.2, -0.15) is 5.10 Å². The van der Waals surface area contributed by atoms with E-state index in [4.69, 9.17) is 4.74 Å². The van der Waals surface area contributed by atoms with Crippen molar-refractivity contribution >= 4 is 22.5 Å². The fraction of sp³-hybridized carbons (Fsp3) is 0.235. The Labute approximate surface area is 138 Å². The number of rotatable bonds is 5. The second kappa shape index (κ2) is 6.76. The number of hydrogen-bond donors (Lipinski definition) is 1. The smallest absolute Gasteiger partial charge is 0.257 e. The summed E-state index contributed by atoms with van der Waals surface area (Å²) >= 11 is 0. The standard InChI is InChI=1S/C17H17FN4O2/c1-11-15(7-12-3-4-13(18)8-16(12)20-11)17(23)21-14-9-19-22(10-14)5-6-24-2/h3-4,7-10H,5-6H2,1-2H3,(H,21,23). The first-order valence-electron chi connectivity index (χ1n) is 7.46. The maximum absolute atomic E-state index is 13.3. The summed E-state index contributed by atoms with van der Waals surface area (Å²) in [5.41, 5.74) is 2.10. The predicted molar refractivity (Wildman–Crippen MR) is 88.5 cm³/mol. The zero-order valence-corrected chi connectivity index (χ0v) is 13.4. The second-order valence-electron chi connectivity index (χ2n) is 5.40. The van der Waals surface area contributed by atoms with Gasteiger partial charge in [0.05, 0.1) is 41.8 Å². The van der Waals surface area contributed by atoms with Crippen molar-refractivity contribution in [2.45, 2.75) is 13.5 Å². The lowest BCUT2D eigenvalue weighted by Gasteiger charge is -2.07. The molecule has 1 amide bonds. The summed E-state index contributed by atoms with van der Waals surface area (Å²) < 4.78 is 19.9. The molecule has 0 aliphatic carbocycles. The Morgan fingerprint density at radius 2 is 2.21 bits per heavy atom. The molecule has 0 radical (unpaired) electrons. The largest absolute Gasteiger partial charge is 0.383 e. The zero-order chi connectivity index (χ0) is 17.1. The van der Waals surface area contributed by atoms with Gasteiger partial charge in [0.15, 0.2) is 0 Å². The Kier molecular flexibility index (Phi) is 4.52. The number of benzene rings is 1. The number of aromatic nitrogens is 3. The number of ether oxygens (including phenoxy) is 1. The molecule has 24 heavy (non-hydrogen) atoms. The van der Waals surface area contributed by atoms with Crippen LogP contribution in [0.2, 0.25) is 0 Å². The maximum atomic E-state index is 13.3. The van der Waals surface area contributed by atoms with Crippen molar-refractivity contribution in [1.29, 1.82) is 0 Å². The Bertz CT molecular complexity index is 891. The van der Waals surface area contributed by atoms with Crippen LogP contribution in [0.15, 0.2) is 36.7 Å². The molecule has 7 heteroatoms. The van der Waals surface area contributed by atoms with Crippen molar-refractivity contribution in [2.75, 3.05) is 19.0 Å². The molecule has 1 aromatic carbocycles. The highest BCUT2D eigenvalue weighted by molar-refractivity contribution is 6.06. The van der Waals surface area contributed by atoms with Gasteiger partial charge in [0.25, 0.3) is 5.91 Å². The first-order chi connectivity index (χ1) is 11.6. The molecule has 0 atom stereocenters. The van der Waals surface area contributed by atoms with E-state index < -0.39 is 0 Å². The van der Waals surface area contributed by atoms with Crippen LogP contribution in [0, 0.1) is 12.7 Å². The summed E-state index contributed by atoms with van der Waals surface area (Å²) in [4.78, 5) is 16.8. The van der Waals surface area contributed by atoms with Crippen molar-refractivity contribution in [1.82, 2.24) is 14.8 Å². The van der Waals surface area contributed by atoms with Crippen LogP contribution in [-0.2, 0) is 11.3 Å². The van der Waals surface area contributed by atoms with Crippen molar-refractivity contribution in [2.24, 2.45) is 0 Å². The second-order valence-corrected chi connectivity index (χ2v) is 5.40. The van der Waals surface area contributed by atoms with E-state index in [1.165, 1.54) is 12.1 Å². The van der Waals surface area contributed by atoms with Gasteiger partial charge in [-0.3, -0.25) is 14.5 Å². The molecule has 1 N–H and O–H groups in total. The molecule has 0 saturated carbocycles. The summed E-state index contributed by atoms with van der Waals surface area (Å²) in [6, 6.07) is 6.02. The van der Waals surface area contributed by atoms with Crippen LogP contribution in [0.4, 0.5) is 10.1 Å². The summed E-state index contributed by atoms with van der Waals surface area (Å²) in [5.74, 6) is -0.632. The Hall–Kier alpha value is -2.80. The fourth-order valence-corrected chi connectivity index (χ4v) is 2.40. The Balaban J connectivity index is 1.81. The van der Waals surface area contributed by atoms with Gasteiger partial charge < -0.3 is 10.1 Å². The van der Waals surface area contributed by atoms with Gasteiger partial charge in [-0.15, -0.1) is 0 Å². The Morgan fingerprint density at radius 1 is 1.38 bits per heavy atom. The van der Waals surface area contributed by atoms with Crippen molar-refractivity contribution < 1.29 is 13.9 Å². The topological polar surface area (TPSA) is 69.0 Å². The van der Waals surface area contributed by atoms with Crippen molar-refractivity contribution in [3.05, 3.63) is 53.7 Å². The van der Waals surface area contributed by atoms with Crippen LogP contribution >= 0.6 is 0 Å². The molecular formula is C17H17FN4O2. The van der Waals surface area contributed by atoms with Gasteiger partial charge in [-0.05, 0) is 25.1 Å². The molecule has 0 spiro atoms. The highest BCUT2D eigenvalue weighted by atomic mass is 19.1. The SMILES string of the molecule is COCCn1cc(NC(=O)c2cc3ccc(F)cc3nc2C)cn1. The fourth-order valence-electron chi connectivity index (χ4n) is 2.40. The van der Waals surface area contributed by atoms with E-state index in [0.717, 1.165) is 0 Å². The van der Waals surface area contributed by atoms with E-state index in [1.807, 2.05) is 0 Å². The van der Waals surface area contributed by atoms with Gasteiger partial charge in [-0.1, -0.05) is 0 Å². The molecule has 3 rings (SSSR count). The molecule has 124 valence electrons. The average molecular weight is 328 g/mol. The lowest BCUT2D eigenvalue weighted by molar-refractivity contribution is 0.102. The molecule has 0 bridgehead atoms. The van der Waals surface area contributed by atoms with Gasteiger partial charge in [-0.25, -0.2) is 4.39 Å². The maximum Gasteiger partial charge on any atom is 0.257 e. The monoisotopic (exact) mass is 328 g/mol. The molecule has 2 heterocycles. The highest BCUT2D eigenvalue weighted by Crippen LogP contribution is 2.19. The normalized spacial score (nSPS) is 11.0. The predicted octanol–water partition coefficient (Wildman–Crippen LogP) is 2.78. The van der Waals surface area contributed by atoms with E-state index in [9.17, 15) is 9.18 Å². The number of methoxy groups -OCH3 is 1. The highest BCUT2D eigenvalue weighted by Gasteiger charge is 2.13. The summed E-state index contributed by atoms with van der Waals surface area (Å²) in [6.07, 6.45) is 3.31. The number of carbonyl (C=O) groups is 1. The van der Waals surface area contributed by atoms with E-state index in [-0.39, 0.29) is 11.7 Å². The van der Waals surface area contributed by atoms with E-state index >= 15 is 0 Å². The number of anilines is 1. The molecule has 6 nitrogen and oxygen atoms in total. The first kappa shape index (κ1) is 16.1. The lowest BCUT2D eigenvalue weighted by atomic mass is 10.1. The number of carbonyl (C=O) groups excluding carboxylic acids is 1. The van der Waals surface area contributed by atoms with Crippen LogP contribution in [-0.4, -0.2) is 34.4 Å². The third-order valence-electron chi connectivity index (χ3n) is 3.63. The van der Waals surface area contributed by atoms with Crippen LogP contribution in [0.3, 0.4) is 0 Å². The number of amides is 1. The van der Waals surface area contributed by atoms with E-state index in [1.54, 1.807) is 43.2 Å². The summed E-state index contributed by atoms with van der Waals surface area (Å²) in [6.45, 7) is 2.87. The number of fused-ring (bicyclic) bond motifs is 1. The minimum atomic E-state index is -0.352. The third-order valence-corrected chi connectivity index (χ3v) is 3.63. The minimum absolute atomic E-state index is 0.280. The number of halogens is 1. The van der Waals surface area contributed by atoms with Crippen molar-refractivity contribution in [3.63, 3.8) is 0 Å². The van der Waals surface area contributed by atoms with Gasteiger partial charge >= 0.3 is 0 Å². The average Bonchev–Trinajstić information content (AvgIpc) is 2.99. The van der Waals surface area contributed by atoms with Gasteiger partial charge in [0, 0.05) is 24.8 Å². The summed E-state index contributed by atoms with van der Waals surface area (Å²) in [7, 11) is 1.62. The van der Waals surface area contributed by atoms with E-state index in [0.29, 0.717) is 41.0 Å². The third kappa shape index (κ3) is 3.41. The van der Waals surface area contributed by atoms with Gasteiger partial charge in [0.2, 0.25) is 0 Å². The zero-order valence-electron chi connectivity index (χ0n) is 13.4. The molecule has 0 aliphatic rings. The molecular weight excluding hydrogens is 311 g/mol. The number of aryl methyl sites for hydroxylation is 1. The molecule has 0 fully saturated rings. The molecule has 0 unspecified atom stereocenters. The van der Waals surface area contributed by atoms with Crippen LogP contribution in [0.5, 0.6) is 0 Å². The molecule has 2 aromatic heterocycles. The quantitative estimate of drug-likeness (QED) is 0.782. The van der Waals surface area contributed by atoms with Crippen molar-refractivity contribution in [3.8, 4) is 0 Å². The molecule has 0 saturated heterocycles. The minimum Gasteiger partial charge on any atom is -0.383 e. The Morgan fingerprint density at radius 3 is 3.00 bits per heavy atom. The van der Waals surface area contributed by atoms with Crippen LogP contribution < -0.4 is 5.32 Å². The number of pyridine rings is 1. The summed E-state index contributed by atoms with van der Waals surface area (Å²) in [5, 5.41) is 7.65. The molecule has 3 aromatic rings. The first-order valence-corrected chi connectivity index (χ1v) is 7.46. The molecule has 0 aliphatic heterocycles. The number of hydrogen-bond acceptors (Lipinski definition) is 4.